The lowest BCUT2D eigenvalue weighted by atomic mass is 9.93. The maximum Gasteiger partial charge on any atom is 0.317 e. The molecule has 1 N–H and O–H groups in total. The van der Waals surface area contributed by atoms with E-state index in [-0.39, 0.29) is 6.03 Å². The Labute approximate surface area is 121 Å². The minimum absolute atomic E-state index is 0.0192. The molecule has 2 heterocycles. The fourth-order valence-electron chi connectivity index (χ4n) is 2.95. The highest BCUT2D eigenvalue weighted by Crippen LogP contribution is 2.22. The van der Waals surface area contributed by atoms with Crippen molar-refractivity contribution in [1.29, 1.82) is 0 Å². The second kappa shape index (κ2) is 7.31. The summed E-state index contributed by atoms with van der Waals surface area (Å²) in [4.78, 5) is 27.7. The largest absolute Gasteiger partial charge is 0.343 e. The highest BCUT2D eigenvalue weighted by atomic mass is 16.2. The SMILES string of the molecule is C=CCNC(=O)N1CCC(CC(=O)N2CCCC2)CC1. The maximum absolute atomic E-state index is 12.1. The Morgan fingerprint density at radius 2 is 1.75 bits per heavy atom. The summed E-state index contributed by atoms with van der Waals surface area (Å²) in [6.07, 6.45) is 6.49. The normalized spacial score (nSPS) is 20.0. The third-order valence-corrected chi connectivity index (χ3v) is 4.22. The summed E-state index contributed by atoms with van der Waals surface area (Å²) in [6.45, 7) is 7.46. The van der Waals surface area contributed by atoms with Crippen LogP contribution in [0.2, 0.25) is 0 Å². The number of carbonyl (C=O) groups is 2. The van der Waals surface area contributed by atoms with E-state index in [0.29, 0.717) is 24.8 Å². The van der Waals surface area contributed by atoms with Gasteiger partial charge in [0.2, 0.25) is 5.91 Å². The number of nitrogens with one attached hydrogen (secondary N) is 1. The fraction of sp³-hybridized carbons (Fsp3) is 0.733. The van der Waals surface area contributed by atoms with Crippen LogP contribution in [0.15, 0.2) is 12.7 Å². The topological polar surface area (TPSA) is 52.7 Å². The van der Waals surface area contributed by atoms with Crippen molar-refractivity contribution in [1.82, 2.24) is 15.1 Å². The minimum atomic E-state index is -0.0192. The van der Waals surface area contributed by atoms with Crippen LogP contribution in [0, 0.1) is 5.92 Å². The molecule has 2 rings (SSSR count). The van der Waals surface area contributed by atoms with Crippen molar-refractivity contribution in [2.75, 3.05) is 32.7 Å². The second-order valence-electron chi connectivity index (χ2n) is 5.70. The predicted octanol–water partition coefficient (Wildman–Crippen LogP) is 1.61. The standard InChI is InChI=1S/C15H25N3O2/c1-2-7-16-15(20)18-10-5-13(6-11-18)12-14(19)17-8-3-4-9-17/h2,13H,1,3-12H2,(H,16,20). The first-order chi connectivity index (χ1) is 9.70. The molecule has 0 radical (unpaired) electrons. The van der Waals surface area contributed by atoms with Gasteiger partial charge >= 0.3 is 6.03 Å². The Balaban J connectivity index is 1.69. The summed E-state index contributed by atoms with van der Waals surface area (Å²) in [7, 11) is 0. The summed E-state index contributed by atoms with van der Waals surface area (Å²) < 4.78 is 0. The number of hydrogen-bond donors (Lipinski definition) is 1. The number of amides is 3. The first-order valence-corrected chi connectivity index (χ1v) is 7.62. The van der Waals surface area contributed by atoms with Crippen molar-refractivity contribution in [3.05, 3.63) is 12.7 Å². The van der Waals surface area contributed by atoms with E-state index in [1.807, 2.05) is 9.80 Å². The zero-order valence-electron chi connectivity index (χ0n) is 12.1. The number of rotatable bonds is 4. The summed E-state index contributed by atoms with van der Waals surface area (Å²) in [6, 6.07) is -0.0192. The third-order valence-electron chi connectivity index (χ3n) is 4.22. The van der Waals surface area contributed by atoms with Gasteiger partial charge in [0.25, 0.3) is 0 Å². The molecule has 0 unspecified atom stereocenters. The lowest BCUT2D eigenvalue weighted by Gasteiger charge is -2.32. The molecular formula is C15H25N3O2. The fourth-order valence-corrected chi connectivity index (χ4v) is 2.95. The molecule has 0 aliphatic carbocycles. The molecule has 5 heteroatoms. The van der Waals surface area contributed by atoms with Gasteiger partial charge in [0.1, 0.15) is 0 Å². The lowest BCUT2D eigenvalue weighted by molar-refractivity contribution is -0.131. The van der Waals surface area contributed by atoms with Crippen LogP contribution >= 0.6 is 0 Å². The Kier molecular flexibility index (Phi) is 5.44. The number of likely N-dealkylation sites (tertiary alicyclic amines) is 2. The van der Waals surface area contributed by atoms with Crippen molar-refractivity contribution < 1.29 is 9.59 Å². The monoisotopic (exact) mass is 279 g/mol. The summed E-state index contributed by atoms with van der Waals surface area (Å²) >= 11 is 0. The van der Waals surface area contributed by atoms with Crippen molar-refractivity contribution in [2.45, 2.75) is 32.1 Å². The van der Waals surface area contributed by atoms with E-state index in [1.54, 1.807) is 6.08 Å². The van der Waals surface area contributed by atoms with Crippen LogP contribution in [0.1, 0.15) is 32.1 Å². The van der Waals surface area contributed by atoms with Gasteiger partial charge in [0.05, 0.1) is 0 Å². The Hall–Kier alpha value is -1.52. The highest BCUT2D eigenvalue weighted by Gasteiger charge is 2.26. The van der Waals surface area contributed by atoms with E-state index in [4.69, 9.17) is 0 Å². The van der Waals surface area contributed by atoms with E-state index < -0.39 is 0 Å². The van der Waals surface area contributed by atoms with Crippen LogP contribution in [-0.4, -0.2) is 54.5 Å². The average Bonchev–Trinajstić information content (AvgIpc) is 3.00. The molecule has 112 valence electrons. The zero-order chi connectivity index (χ0) is 14.4. The molecule has 0 bridgehead atoms. The van der Waals surface area contributed by atoms with Gasteiger partial charge in [-0.2, -0.15) is 0 Å². The summed E-state index contributed by atoms with van der Waals surface area (Å²) in [5.74, 6) is 0.739. The molecular weight excluding hydrogens is 254 g/mol. The molecule has 3 amide bonds. The van der Waals surface area contributed by atoms with E-state index in [0.717, 1.165) is 51.9 Å². The predicted molar refractivity (Wildman–Crippen MR) is 78.3 cm³/mol. The number of urea groups is 1. The molecule has 0 aromatic heterocycles. The van der Waals surface area contributed by atoms with Crippen LogP contribution < -0.4 is 5.32 Å². The van der Waals surface area contributed by atoms with Gasteiger partial charge in [-0.05, 0) is 31.6 Å². The number of carbonyl (C=O) groups excluding carboxylic acids is 2. The van der Waals surface area contributed by atoms with Gasteiger partial charge in [0.15, 0.2) is 0 Å². The zero-order valence-corrected chi connectivity index (χ0v) is 12.1. The average molecular weight is 279 g/mol. The lowest BCUT2D eigenvalue weighted by Crippen LogP contribution is -2.45. The van der Waals surface area contributed by atoms with Crippen LogP contribution in [0.3, 0.4) is 0 Å². The number of piperidine rings is 1. The number of hydrogen-bond acceptors (Lipinski definition) is 2. The van der Waals surface area contributed by atoms with Crippen LogP contribution in [-0.2, 0) is 4.79 Å². The van der Waals surface area contributed by atoms with Crippen LogP contribution in [0.4, 0.5) is 4.79 Å². The van der Waals surface area contributed by atoms with Gasteiger partial charge in [-0.1, -0.05) is 6.08 Å². The molecule has 0 atom stereocenters. The van der Waals surface area contributed by atoms with E-state index in [2.05, 4.69) is 11.9 Å². The van der Waals surface area contributed by atoms with Gasteiger partial charge < -0.3 is 15.1 Å². The van der Waals surface area contributed by atoms with Crippen molar-refractivity contribution in [3.8, 4) is 0 Å². The van der Waals surface area contributed by atoms with Crippen LogP contribution in [0.25, 0.3) is 0 Å². The van der Waals surface area contributed by atoms with Gasteiger partial charge in [-0.3, -0.25) is 4.79 Å². The molecule has 2 fully saturated rings. The van der Waals surface area contributed by atoms with E-state index in [9.17, 15) is 9.59 Å². The maximum atomic E-state index is 12.1. The van der Waals surface area contributed by atoms with E-state index >= 15 is 0 Å². The Bertz CT molecular complexity index is 356. The third kappa shape index (κ3) is 3.99. The number of nitrogens with zero attached hydrogens (tertiary/aromatic N) is 2. The molecule has 2 aliphatic heterocycles. The molecule has 0 aromatic carbocycles. The molecule has 2 aliphatic rings. The Morgan fingerprint density at radius 3 is 2.35 bits per heavy atom. The minimum Gasteiger partial charge on any atom is -0.343 e. The quantitative estimate of drug-likeness (QED) is 0.795. The summed E-state index contributed by atoms with van der Waals surface area (Å²) in [5.41, 5.74) is 0. The van der Waals surface area contributed by atoms with Crippen molar-refractivity contribution in [3.63, 3.8) is 0 Å². The van der Waals surface area contributed by atoms with Gasteiger partial charge in [0, 0.05) is 39.1 Å². The first kappa shape index (κ1) is 14.9. The molecule has 0 saturated carbocycles. The molecule has 20 heavy (non-hydrogen) atoms. The van der Waals surface area contributed by atoms with E-state index in [1.165, 1.54) is 0 Å². The highest BCUT2D eigenvalue weighted by molar-refractivity contribution is 5.77. The van der Waals surface area contributed by atoms with Crippen molar-refractivity contribution in [2.24, 2.45) is 5.92 Å². The molecule has 5 nitrogen and oxygen atoms in total. The first-order valence-electron chi connectivity index (χ1n) is 7.62. The molecule has 0 spiro atoms. The van der Waals surface area contributed by atoms with Crippen molar-refractivity contribution >= 4 is 11.9 Å². The molecule has 0 aromatic rings. The van der Waals surface area contributed by atoms with Gasteiger partial charge in [-0.25, -0.2) is 4.79 Å². The molecule has 2 saturated heterocycles. The Morgan fingerprint density at radius 1 is 1.10 bits per heavy atom. The smallest absolute Gasteiger partial charge is 0.317 e. The van der Waals surface area contributed by atoms with Gasteiger partial charge in [-0.15, -0.1) is 6.58 Å². The van der Waals surface area contributed by atoms with Crippen LogP contribution in [0.5, 0.6) is 0 Å². The second-order valence-corrected chi connectivity index (χ2v) is 5.70. The summed E-state index contributed by atoms with van der Waals surface area (Å²) in [5, 5.41) is 2.80.